The van der Waals surface area contributed by atoms with Crippen LogP contribution in [0.1, 0.15) is 35.8 Å². The van der Waals surface area contributed by atoms with Crippen LogP contribution < -0.4 is 0 Å². The zero-order valence-corrected chi connectivity index (χ0v) is 11.4. The zero-order chi connectivity index (χ0) is 13.8. The molecule has 0 saturated heterocycles. The Labute approximate surface area is 116 Å². The monoisotopic (exact) mass is 278 g/mol. The molecule has 0 unspecified atom stereocenters. The van der Waals surface area contributed by atoms with Gasteiger partial charge in [-0.25, -0.2) is 9.48 Å². The standard InChI is InChI=1S/C14H15ClN2O2/c1-2-3-7-12-10(14(18)19)9-16-17(12)13-8-5-4-6-11(13)15/h4-6,8-9H,2-3,7H2,1H3,(H,18,19). The molecule has 0 aliphatic carbocycles. The maximum absolute atomic E-state index is 11.2. The number of rotatable bonds is 5. The first kappa shape index (κ1) is 13.6. The second-order valence-corrected chi connectivity index (χ2v) is 4.68. The molecule has 0 spiro atoms. The maximum Gasteiger partial charge on any atom is 0.339 e. The molecular weight excluding hydrogens is 264 g/mol. The van der Waals surface area contributed by atoms with Crippen LogP contribution in [0.2, 0.25) is 5.02 Å². The van der Waals surface area contributed by atoms with Crippen LogP contribution in [0.3, 0.4) is 0 Å². The molecule has 5 heteroatoms. The van der Waals surface area contributed by atoms with E-state index in [1.807, 2.05) is 18.2 Å². The molecule has 1 aromatic heterocycles. The van der Waals surface area contributed by atoms with Gasteiger partial charge in [0, 0.05) is 0 Å². The smallest absolute Gasteiger partial charge is 0.339 e. The number of carboxylic acids is 1. The molecule has 1 heterocycles. The Bertz CT molecular complexity index is 593. The zero-order valence-electron chi connectivity index (χ0n) is 10.6. The van der Waals surface area contributed by atoms with Crippen LogP contribution in [0, 0.1) is 0 Å². The van der Waals surface area contributed by atoms with Gasteiger partial charge in [-0.15, -0.1) is 0 Å². The van der Waals surface area contributed by atoms with E-state index >= 15 is 0 Å². The molecule has 0 bridgehead atoms. The van der Waals surface area contributed by atoms with Gasteiger partial charge in [0.05, 0.1) is 22.6 Å². The Balaban J connectivity index is 2.51. The van der Waals surface area contributed by atoms with Crippen molar-refractivity contribution in [2.75, 3.05) is 0 Å². The van der Waals surface area contributed by atoms with Gasteiger partial charge in [0.25, 0.3) is 0 Å². The Kier molecular flexibility index (Phi) is 4.22. The molecule has 0 fully saturated rings. The summed E-state index contributed by atoms with van der Waals surface area (Å²) in [5.74, 6) is -0.954. The third-order valence-electron chi connectivity index (χ3n) is 2.95. The van der Waals surface area contributed by atoms with Gasteiger partial charge in [-0.3, -0.25) is 0 Å². The molecule has 100 valence electrons. The van der Waals surface area contributed by atoms with E-state index in [4.69, 9.17) is 11.6 Å². The number of halogens is 1. The van der Waals surface area contributed by atoms with Gasteiger partial charge in [-0.05, 0) is 25.0 Å². The van der Waals surface area contributed by atoms with E-state index in [-0.39, 0.29) is 5.56 Å². The van der Waals surface area contributed by atoms with Gasteiger partial charge in [0.2, 0.25) is 0 Å². The van der Waals surface area contributed by atoms with Crippen LogP contribution in [0.15, 0.2) is 30.5 Å². The van der Waals surface area contributed by atoms with Crippen molar-refractivity contribution in [3.8, 4) is 5.69 Å². The van der Waals surface area contributed by atoms with E-state index in [9.17, 15) is 9.90 Å². The molecule has 4 nitrogen and oxygen atoms in total. The normalized spacial score (nSPS) is 10.6. The fraction of sp³-hybridized carbons (Fsp3) is 0.286. The molecule has 0 saturated carbocycles. The van der Waals surface area contributed by atoms with Gasteiger partial charge >= 0.3 is 5.97 Å². The quantitative estimate of drug-likeness (QED) is 0.910. The molecule has 0 atom stereocenters. The van der Waals surface area contributed by atoms with Crippen molar-refractivity contribution in [1.29, 1.82) is 0 Å². The summed E-state index contributed by atoms with van der Waals surface area (Å²) in [7, 11) is 0. The van der Waals surface area contributed by atoms with E-state index in [0.717, 1.165) is 12.8 Å². The van der Waals surface area contributed by atoms with Gasteiger partial charge < -0.3 is 5.11 Å². The summed E-state index contributed by atoms with van der Waals surface area (Å²) in [5, 5.41) is 13.9. The maximum atomic E-state index is 11.2. The molecule has 0 aliphatic rings. The topological polar surface area (TPSA) is 55.1 Å². The van der Waals surface area contributed by atoms with E-state index in [0.29, 0.717) is 22.8 Å². The molecule has 2 aromatic rings. The van der Waals surface area contributed by atoms with Gasteiger partial charge in [0.1, 0.15) is 5.56 Å². The largest absolute Gasteiger partial charge is 0.478 e. The van der Waals surface area contributed by atoms with E-state index < -0.39 is 5.97 Å². The number of para-hydroxylation sites is 1. The van der Waals surface area contributed by atoms with Crippen molar-refractivity contribution < 1.29 is 9.90 Å². The van der Waals surface area contributed by atoms with Crippen LogP contribution in [0.25, 0.3) is 5.69 Å². The number of carbonyl (C=O) groups is 1. The number of nitrogens with zero attached hydrogens (tertiary/aromatic N) is 2. The molecule has 1 aromatic carbocycles. The average Bonchev–Trinajstić information content (AvgIpc) is 2.80. The first-order chi connectivity index (χ1) is 9.15. The summed E-state index contributed by atoms with van der Waals surface area (Å²) in [6.45, 7) is 2.07. The van der Waals surface area contributed by atoms with Crippen molar-refractivity contribution in [2.24, 2.45) is 0 Å². The number of hydrogen-bond acceptors (Lipinski definition) is 2. The highest BCUT2D eigenvalue weighted by molar-refractivity contribution is 6.32. The summed E-state index contributed by atoms with van der Waals surface area (Å²) >= 11 is 6.15. The lowest BCUT2D eigenvalue weighted by Gasteiger charge is -2.09. The molecule has 0 amide bonds. The van der Waals surface area contributed by atoms with Gasteiger partial charge in [-0.1, -0.05) is 37.1 Å². The first-order valence-corrected chi connectivity index (χ1v) is 6.58. The minimum absolute atomic E-state index is 0.244. The fourth-order valence-electron chi connectivity index (χ4n) is 1.97. The molecule has 1 N–H and O–H groups in total. The van der Waals surface area contributed by atoms with Crippen molar-refractivity contribution in [2.45, 2.75) is 26.2 Å². The van der Waals surface area contributed by atoms with Crippen LogP contribution in [-0.2, 0) is 6.42 Å². The lowest BCUT2D eigenvalue weighted by molar-refractivity contribution is 0.0695. The predicted octanol–water partition coefficient (Wildman–Crippen LogP) is 3.57. The van der Waals surface area contributed by atoms with E-state index in [1.165, 1.54) is 6.20 Å². The van der Waals surface area contributed by atoms with Crippen LogP contribution in [-0.4, -0.2) is 20.9 Å². The van der Waals surface area contributed by atoms with Gasteiger partial charge in [0.15, 0.2) is 0 Å². The van der Waals surface area contributed by atoms with E-state index in [1.54, 1.807) is 10.7 Å². The molecule has 2 rings (SSSR count). The summed E-state index contributed by atoms with van der Waals surface area (Å²) in [5.41, 5.74) is 1.65. The first-order valence-electron chi connectivity index (χ1n) is 6.20. The number of carboxylic acid groups (broad SMARTS) is 1. The van der Waals surface area contributed by atoms with E-state index in [2.05, 4.69) is 12.0 Å². The van der Waals surface area contributed by atoms with Crippen molar-refractivity contribution in [3.63, 3.8) is 0 Å². The highest BCUT2D eigenvalue weighted by atomic mass is 35.5. The lowest BCUT2D eigenvalue weighted by Crippen LogP contribution is -2.07. The number of benzene rings is 1. The summed E-state index contributed by atoms with van der Waals surface area (Å²) in [6.07, 6.45) is 3.96. The lowest BCUT2D eigenvalue weighted by atomic mass is 10.1. The second-order valence-electron chi connectivity index (χ2n) is 4.28. The Hall–Kier alpha value is -1.81. The number of unbranched alkanes of at least 4 members (excludes halogenated alkanes) is 1. The Morgan fingerprint density at radius 1 is 1.42 bits per heavy atom. The number of aromatic nitrogens is 2. The number of hydrogen-bond donors (Lipinski definition) is 1. The van der Waals surface area contributed by atoms with Crippen molar-refractivity contribution >= 4 is 17.6 Å². The Morgan fingerprint density at radius 2 is 2.16 bits per heavy atom. The third-order valence-corrected chi connectivity index (χ3v) is 3.27. The highest BCUT2D eigenvalue weighted by Crippen LogP contribution is 2.23. The van der Waals surface area contributed by atoms with Crippen LogP contribution in [0.4, 0.5) is 0 Å². The second kappa shape index (κ2) is 5.89. The highest BCUT2D eigenvalue weighted by Gasteiger charge is 2.18. The molecular formula is C14H15ClN2O2. The molecule has 19 heavy (non-hydrogen) atoms. The summed E-state index contributed by atoms with van der Waals surface area (Å²) in [4.78, 5) is 11.2. The van der Waals surface area contributed by atoms with Crippen LogP contribution >= 0.6 is 11.6 Å². The summed E-state index contributed by atoms with van der Waals surface area (Å²) in [6, 6.07) is 7.28. The predicted molar refractivity (Wildman–Crippen MR) is 74.1 cm³/mol. The average molecular weight is 279 g/mol. The van der Waals surface area contributed by atoms with Crippen LogP contribution in [0.5, 0.6) is 0 Å². The Morgan fingerprint density at radius 3 is 2.79 bits per heavy atom. The van der Waals surface area contributed by atoms with Gasteiger partial charge in [-0.2, -0.15) is 5.10 Å². The minimum atomic E-state index is -0.954. The number of aromatic carboxylic acids is 1. The summed E-state index contributed by atoms with van der Waals surface area (Å²) < 4.78 is 1.63. The van der Waals surface area contributed by atoms with Crippen molar-refractivity contribution in [3.05, 3.63) is 46.7 Å². The fourth-order valence-corrected chi connectivity index (χ4v) is 2.18. The van der Waals surface area contributed by atoms with Crippen molar-refractivity contribution in [1.82, 2.24) is 9.78 Å². The molecule has 0 radical (unpaired) electrons. The minimum Gasteiger partial charge on any atom is -0.478 e. The molecule has 0 aliphatic heterocycles. The SMILES string of the molecule is CCCCc1c(C(=O)O)cnn1-c1ccccc1Cl. The third kappa shape index (κ3) is 2.79.